The van der Waals surface area contributed by atoms with Crippen LogP contribution in [0, 0.1) is 6.92 Å². The summed E-state index contributed by atoms with van der Waals surface area (Å²) in [5, 5.41) is 13.7. The first kappa shape index (κ1) is 15.0. The standard InChI is InChI=1S/C16H18N2O3/c1-4-16(3,15(20)21)13-11(2)10-17-18(14(13)19)12-8-6-5-7-9-12/h5-10H,4H2,1-3H3,(H,20,21). The molecule has 0 bridgehead atoms. The van der Waals surface area contributed by atoms with Crippen LogP contribution in [0.1, 0.15) is 31.4 Å². The first-order valence-electron chi connectivity index (χ1n) is 6.80. The van der Waals surface area contributed by atoms with Gasteiger partial charge in [-0.3, -0.25) is 9.59 Å². The maximum Gasteiger partial charge on any atom is 0.314 e. The maximum absolute atomic E-state index is 12.7. The Hall–Kier alpha value is -2.43. The number of hydrogen-bond donors (Lipinski definition) is 1. The van der Waals surface area contributed by atoms with Gasteiger partial charge in [0.1, 0.15) is 0 Å². The smallest absolute Gasteiger partial charge is 0.314 e. The molecule has 0 aliphatic heterocycles. The highest BCUT2D eigenvalue weighted by Gasteiger charge is 2.37. The van der Waals surface area contributed by atoms with Gasteiger partial charge in [0.2, 0.25) is 0 Å². The molecule has 1 unspecified atom stereocenters. The molecule has 0 radical (unpaired) electrons. The number of carbonyl (C=O) groups is 1. The van der Waals surface area contributed by atoms with E-state index in [-0.39, 0.29) is 11.1 Å². The van der Waals surface area contributed by atoms with Crippen LogP contribution in [-0.4, -0.2) is 20.9 Å². The topological polar surface area (TPSA) is 72.2 Å². The number of aryl methyl sites for hydroxylation is 1. The number of carboxylic acid groups (broad SMARTS) is 1. The Morgan fingerprint density at radius 2 is 1.95 bits per heavy atom. The lowest BCUT2D eigenvalue weighted by atomic mass is 9.79. The molecule has 1 N–H and O–H groups in total. The largest absolute Gasteiger partial charge is 0.481 e. The van der Waals surface area contributed by atoms with E-state index in [1.54, 1.807) is 51.2 Å². The van der Waals surface area contributed by atoms with Crippen molar-refractivity contribution in [3.63, 3.8) is 0 Å². The van der Waals surface area contributed by atoms with Crippen molar-refractivity contribution < 1.29 is 9.90 Å². The fraction of sp³-hybridized carbons (Fsp3) is 0.312. The number of aromatic nitrogens is 2. The van der Waals surface area contributed by atoms with E-state index in [1.165, 1.54) is 4.68 Å². The summed E-state index contributed by atoms with van der Waals surface area (Å²) in [4.78, 5) is 24.4. The first-order valence-corrected chi connectivity index (χ1v) is 6.80. The summed E-state index contributed by atoms with van der Waals surface area (Å²) in [5.41, 5.74) is -0.100. The summed E-state index contributed by atoms with van der Waals surface area (Å²) in [6.07, 6.45) is 1.87. The molecule has 0 amide bonds. The normalized spacial score (nSPS) is 13.7. The average molecular weight is 286 g/mol. The highest BCUT2D eigenvalue weighted by atomic mass is 16.4. The van der Waals surface area contributed by atoms with Crippen LogP contribution < -0.4 is 5.56 Å². The van der Waals surface area contributed by atoms with Crippen molar-refractivity contribution in [1.29, 1.82) is 0 Å². The van der Waals surface area contributed by atoms with E-state index >= 15 is 0 Å². The van der Waals surface area contributed by atoms with Gasteiger partial charge in [0.05, 0.1) is 17.3 Å². The minimum absolute atomic E-state index is 0.288. The molecule has 21 heavy (non-hydrogen) atoms. The molecule has 2 aromatic rings. The van der Waals surface area contributed by atoms with Gasteiger partial charge in [0.15, 0.2) is 0 Å². The molecule has 1 heterocycles. The molecule has 2 rings (SSSR count). The van der Waals surface area contributed by atoms with Gasteiger partial charge in [-0.15, -0.1) is 0 Å². The lowest BCUT2D eigenvalue weighted by Gasteiger charge is -2.25. The van der Waals surface area contributed by atoms with Crippen LogP contribution in [0.15, 0.2) is 41.3 Å². The number of hydrogen-bond acceptors (Lipinski definition) is 3. The summed E-state index contributed by atoms with van der Waals surface area (Å²) in [5.74, 6) is -1.00. The van der Waals surface area contributed by atoms with Crippen molar-refractivity contribution in [3.05, 3.63) is 58.0 Å². The second-order valence-electron chi connectivity index (χ2n) is 5.25. The third kappa shape index (κ3) is 2.46. The predicted molar refractivity (Wildman–Crippen MR) is 79.8 cm³/mol. The van der Waals surface area contributed by atoms with Gasteiger partial charge < -0.3 is 5.11 Å². The van der Waals surface area contributed by atoms with Crippen molar-refractivity contribution >= 4 is 5.97 Å². The molecule has 0 spiro atoms. The zero-order valence-electron chi connectivity index (χ0n) is 12.3. The highest BCUT2D eigenvalue weighted by Crippen LogP contribution is 2.27. The Morgan fingerprint density at radius 1 is 1.33 bits per heavy atom. The van der Waals surface area contributed by atoms with Crippen LogP contribution in [0.5, 0.6) is 0 Å². The van der Waals surface area contributed by atoms with Gasteiger partial charge in [-0.05, 0) is 38.0 Å². The predicted octanol–water partition coefficient (Wildman–Crippen LogP) is 2.29. The Bertz CT molecular complexity index is 722. The van der Waals surface area contributed by atoms with Crippen molar-refractivity contribution in [2.45, 2.75) is 32.6 Å². The van der Waals surface area contributed by atoms with Crippen LogP contribution in [0.3, 0.4) is 0 Å². The van der Waals surface area contributed by atoms with Crippen molar-refractivity contribution in [3.8, 4) is 5.69 Å². The number of benzene rings is 1. The van der Waals surface area contributed by atoms with E-state index in [1.807, 2.05) is 6.07 Å². The van der Waals surface area contributed by atoms with Crippen LogP contribution in [0.4, 0.5) is 0 Å². The Balaban J connectivity index is 2.75. The minimum atomic E-state index is -1.22. The molecule has 0 saturated carbocycles. The van der Waals surface area contributed by atoms with Crippen molar-refractivity contribution in [1.82, 2.24) is 9.78 Å². The summed E-state index contributed by atoms with van der Waals surface area (Å²) in [7, 11) is 0. The second-order valence-corrected chi connectivity index (χ2v) is 5.25. The second kappa shape index (κ2) is 5.52. The number of nitrogens with zero attached hydrogens (tertiary/aromatic N) is 2. The van der Waals surface area contributed by atoms with E-state index in [4.69, 9.17) is 0 Å². The van der Waals surface area contributed by atoms with Crippen LogP contribution in [0.25, 0.3) is 5.69 Å². The van der Waals surface area contributed by atoms with E-state index < -0.39 is 11.4 Å². The summed E-state index contributed by atoms with van der Waals surface area (Å²) in [6, 6.07) is 8.98. The Morgan fingerprint density at radius 3 is 2.48 bits per heavy atom. The molecule has 1 aromatic carbocycles. The lowest BCUT2D eigenvalue weighted by Crippen LogP contribution is -2.40. The van der Waals surface area contributed by atoms with Crippen molar-refractivity contribution in [2.24, 2.45) is 0 Å². The summed E-state index contributed by atoms with van der Waals surface area (Å²) < 4.78 is 1.25. The average Bonchev–Trinajstić information content (AvgIpc) is 2.47. The van der Waals surface area contributed by atoms with Gasteiger partial charge in [0.25, 0.3) is 5.56 Å². The van der Waals surface area contributed by atoms with E-state index in [0.717, 1.165) is 0 Å². The van der Waals surface area contributed by atoms with Crippen molar-refractivity contribution in [2.75, 3.05) is 0 Å². The molecule has 0 fully saturated rings. The zero-order valence-corrected chi connectivity index (χ0v) is 12.3. The fourth-order valence-electron chi connectivity index (χ4n) is 2.40. The molecule has 1 aromatic heterocycles. The van der Waals surface area contributed by atoms with Crippen LogP contribution in [0.2, 0.25) is 0 Å². The first-order chi connectivity index (χ1) is 9.91. The molecule has 5 heteroatoms. The van der Waals surface area contributed by atoms with E-state index in [2.05, 4.69) is 5.10 Å². The number of aliphatic carboxylic acids is 1. The van der Waals surface area contributed by atoms with Gasteiger partial charge in [-0.1, -0.05) is 25.1 Å². The van der Waals surface area contributed by atoms with Gasteiger partial charge in [-0.2, -0.15) is 9.78 Å². The molecular weight excluding hydrogens is 268 g/mol. The minimum Gasteiger partial charge on any atom is -0.481 e. The lowest BCUT2D eigenvalue weighted by molar-refractivity contribution is -0.143. The Labute approximate surface area is 122 Å². The Kier molecular flexibility index (Phi) is 3.93. The highest BCUT2D eigenvalue weighted by molar-refractivity contribution is 5.81. The molecule has 5 nitrogen and oxygen atoms in total. The maximum atomic E-state index is 12.7. The zero-order chi connectivity index (χ0) is 15.6. The SMILES string of the molecule is CCC(C)(C(=O)O)c1c(C)cnn(-c2ccccc2)c1=O. The van der Waals surface area contributed by atoms with E-state index in [0.29, 0.717) is 17.7 Å². The summed E-state index contributed by atoms with van der Waals surface area (Å²) >= 11 is 0. The molecule has 0 aliphatic carbocycles. The third-order valence-corrected chi connectivity index (χ3v) is 3.90. The van der Waals surface area contributed by atoms with Gasteiger partial charge in [0, 0.05) is 5.56 Å². The molecule has 1 atom stereocenters. The van der Waals surface area contributed by atoms with Crippen LogP contribution >= 0.6 is 0 Å². The number of carboxylic acids is 1. The monoisotopic (exact) mass is 286 g/mol. The quantitative estimate of drug-likeness (QED) is 0.936. The van der Waals surface area contributed by atoms with Gasteiger partial charge >= 0.3 is 5.97 Å². The fourth-order valence-corrected chi connectivity index (χ4v) is 2.40. The van der Waals surface area contributed by atoms with Gasteiger partial charge in [-0.25, -0.2) is 0 Å². The molecule has 0 saturated heterocycles. The molecular formula is C16H18N2O3. The molecule has 110 valence electrons. The summed E-state index contributed by atoms with van der Waals surface area (Å²) in [6.45, 7) is 5.06. The number of rotatable bonds is 4. The number of para-hydroxylation sites is 1. The third-order valence-electron chi connectivity index (χ3n) is 3.90. The van der Waals surface area contributed by atoms with Crippen LogP contribution in [-0.2, 0) is 10.2 Å². The van der Waals surface area contributed by atoms with E-state index in [9.17, 15) is 14.7 Å². The molecule has 0 aliphatic rings.